The van der Waals surface area contributed by atoms with Crippen LogP contribution >= 0.6 is 23.2 Å². The molecule has 150 valence electrons. The lowest BCUT2D eigenvalue weighted by molar-refractivity contribution is -0.121. The van der Waals surface area contributed by atoms with Crippen molar-refractivity contribution in [1.82, 2.24) is 5.32 Å². The molecule has 0 heterocycles. The number of rotatable bonds is 7. The third kappa shape index (κ3) is 5.53. The fraction of sp³-hybridized carbons (Fsp3) is 0.208. The van der Waals surface area contributed by atoms with Crippen LogP contribution in [-0.2, 0) is 11.2 Å². The molecule has 0 unspecified atom stereocenters. The van der Waals surface area contributed by atoms with Crippen LogP contribution in [0.1, 0.15) is 36.0 Å². The highest BCUT2D eigenvalue weighted by Gasteiger charge is 2.23. The third-order valence-corrected chi connectivity index (χ3v) is 5.74. The lowest BCUT2D eigenvalue weighted by Gasteiger charge is -2.21. The van der Waals surface area contributed by atoms with Gasteiger partial charge >= 0.3 is 0 Å². The van der Waals surface area contributed by atoms with E-state index in [2.05, 4.69) is 5.32 Å². The molecule has 0 saturated heterocycles. The van der Waals surface area contributed by atoms with Crippen LogP contribution in [0.15, 0.2) is 72.8 Å². The highest BCUT2D eigenvalue weighted by molar-refractivity contribution is 6.43. The molecule has 5 heteroatoms. The van der Waals surface area contributed by atoms with Gasteiger partial charge in [-0.1, -0.05) is 89.9 Å². The summed E-state index contributed by atoms with van der Waals surface area (Å²) in [6.45, 7) is 1.99. The van der Waals surface area contributed by atoms with Crippen LogP contribution < -0.4 is 5.32 Å². The predicted molar refractivity (Wildman–Crippen MR) is 119 cm³/mol. The average Bonchev–Trinajstić information content (AvgIpc) is 2.72. The number of nitrogens with one attached hydrogen (secondary N) is 1. The van der Waals surface area contributed by atoms with Gasteiger partial charge in [-0.05, 0) is 36.1 Å². The van der Waals surface area contributed by atoms with E-state index in [1.807, 2.05) is 67.6 Å². The van der Waals surface area contributed by atoms with E-state index in [-0.39, 0.29) is 40.1 Å². The first kappa shape index (κ1) is 21.2. The van der Waals surface area contributed by atoms with Crippen molar-refractivity contribution in [3.63, 3.8) is 0 Å². The quantitative estimate of drug-likeness (QED) is 0.487. The summed E-state index contributed by atoms with van der Waals surface area (Å²) in [5.74, 6) is -0.415. The number of amides is 1. The SMILES string of the molecule is C[C@H](Cc1ccccc1)NC(=O)C[C@@H](c1ccccc1)c1ccc(O)c(Cl)c1Cl. The average molecular weight is 428 g/mol. The van der Waals surface area contributed by atoms with Crippen LogP contribution in [0.3, 0.4) is 0 Å². The molecule has 1 amide bonds. The van der Waals surface area contributed by atoms with E-state index >= 15 is 0 Å². The summed E-state index contributed by atoms with van der Waals surface area (Å²) in [7, 11) is 0. The lowest BCUT2D eigenvalue weighted by Crippen LogP contribution is -2.35. The van der Waals surface area contributed by atoms with Crippen molar-refractivity contribution in [2.45, 2.75) is 31.7 Å². The van der Waals surface area contributed by atoms with E-state index < -0.39 is 0 Å². The van der Waals surface area contributed by atoms with Gasteiger partial charge in [0.2, 0.25) is 5.91 Å². The van der Waals surface area contributed by atoms with Gasteiger partial charge in [0.05, 0.1) is 5.02 Å². The van der Waals surface area contributed by atoms with Crippen molar-refractivity contribution in [2.75, 3.05) is 0 Å². The smallest absolute Gasteiger partial charge is 0.221 e. The lowest BCUT2D eigenvalue weighted by atomic mass is 9.88. The molecule has 0 fully saturated rings. The molecule has 0 saturated carbocycles. The first-order chi connectivity index (χ1) is 14.0. The van der Waals surface area contributed by atoms with Gasteiger partial charge in [-0.2, -0.15) is 0 Å². The number of hydrogen-bond donors (Lipinski definition) is 2. The Hall–Kier alpha value is -2.49. The molecular formula is C24H23Cl2NO2. The van der Waals surface area contributed by atoms with Crippen molar-refractivity contribution in [3.8, 4) is 5.75 Å². The first-order valence-electron chi connectivity index (χ1n) is 9.50. The highest BCUT2D eigenvalue weighted by atomic mass is 35.5. The summed E-state index contributed by atoms with van der Waals surface area (Å²) in [6, 6.07) is 23.0. The molecule has 2 atom stereocenters. The van der Waals surface area contributed by atoms with Gasteiger partial charge in [0.1, 0.15) is 10.8 Å². The zero-order valence-electron chi connectivity index (χ0n) is 16.1. The number of hydrogen-bond acceptors (Lipinski definition) is 2. The normalized spacial score (nSPS) is 12.9. The summed E-state index contributed by atoms with van der Waals surface area (Å²) in [6.07, 6.45) is 0.984. The fourth-order valence-corrected chi connectivity index (χ4v) is 3.92. The zero-order valence-corrected chi connectivity index (χ0v) is 17.6. The maximum absolute atomic E-state index is 12.8. The summed E-state index contributed by atoms with van der Waals surface area (Å²) in [5, 5.41) is 13.3. The van der Waals surface area contributed by atoms with Crippen LogP contribution in [0.2, 0.25) is 10.0 Å². The second kappa shape index (κ2) is 9.82. The van der Waals surface area contributed by atoms with Crippen LogP contribution in [0.4, 0.5) is 0 Å². The van der Waals surface area contributed by atoms with Crippen molar-refractivity contribution in [2.24, 2.45) is 0 Å². The number of aromatic hydroxyl groups is 1. The minimum atomic E-state index is -0.272. The number of carbonyl (C=O) groups is 1. The van der Waals surface area contributed by atoms with Crippen LogP contribution in [0.5, 0.6) is 5.75 Å². The van der Waals surface area contributed by atoms with E-state index in [0.29, 0.717) is 5.56 Å². The van der Waals surface area contributed by atoms with Crippen LogP contribution in [0.25, 0.3) is 0 Å². The van der Waals surface area contributed by atoms with Gasteiger partial charge in [0.15, 0.2) is 0 Å². The number of phenols is 1. The molecule has 0 spiro atoms. The molecule has 0 bridgehead atoms. The molecule has 3 aromatic rings. The van der Waals surface area contributed by atoms with Crippen LogP contribution in [0, 0.1) is 0 Å². The summed E-state index contributed by atoms with van der Waals surface area (Å²) >= 11 is 12.6. The standard InChI is InChI=1S/C24H23Cl2NO2/c1-16(14-17-8-4-2-5-9-17)27-22(29)15-20(18-10-6-3-7-11-18)19-12-13-21(28)24(26)23(19)25/h2-13,16,20,28H,14-15H2,1H3,(H,27,29)/t16-,20+/m1/s1. The largest absolute Gasteiger partial charge is 0.506 e. The van der Waals surface area contributed by atoms with E-state index in [1.54, 1.807) is 6.07 Å². The fourth-order valence-electron chi connectivity index (χ4n) is 3.45. The zero-order chi connectivity index (χ0) is 20.8. The Kier molecular flexibility index (Phi) is 7.18. The molecule has 2 N–H and O–H groups in total. The molecule has 3 nitrogen and oxygen atoms in total. The van der Waals surface area contributed by atoms with E-state index in [9.17, 15) is 9.90 Å². The molecule has 0 aliphatic carbocycles. The van der Waals surface area contributed by atoms with Gasteiger partial charge in [-0.3, -0.25) is 4.79 Å². The second-order valence-corrected chi connectivity index (χ2v) is 7.88. The Balaban J connectivity index is 1.79. The first-order valence-corrected chi connectivity index (χ1v) is 10.3. The predicted octanol–water partition coefficient (Wildman–Crippen LogP) is 5.97. The number of carbonyl (C=O) groups excluding carboxylic acids is 1. The van der Waals surface area contributed by atoms with Crippen molar-refractivity contribution < 1.29 is 9.90 Å². The number of halogens is 2. The Bertz CT molecular complexity index is 961. The third-order valence-electron chi connectivity index (χ3n) is 4.85. The van der Waals surface area contributed by atoms with E-state index in [4.69, 9.17) is 23.2 Å². The van der Waals surface area contributed by atoms with Gasteiger partial charge in [-0.15, -0.1) is 0 Å². The van der Waals surface area contributed by atoms with E-state index in [1.165, 1.54) is 11.6 Å². The van der Waals surface area contributed by atoms with Gasteiger partial charge < -0.3 is 10.4 Å². The minimum absolute atomic E-state index is 0.000186. The van der Waals surface area contributed by atoms with Crippen molar-refractivity contribution >= 4 is 29.1 Å². The maximum atomic E-state index is 12.8. The maximum Gasteiger partial charge on any atom is 0.221 e. The molecule has 0 aliphatic heterocycles. The molecular weight excluding hydrogens is 405 g/mol. The Morgan fingerprint density at radius 2 is 1.55 bits per heavy atom. The molecule has 0 radical (unpaired) electrons. The molecule has 29 heavy (non-hydrogen) atoms. The van der Waals surface area contributed by atoms with E-state index in [0.717, 1.165) is 12.0 Å². The van der Waals surface area contributed by atoms with Crippen molar-refractivity contribution in [1.29, 1.82) is 0 Å². The number of phenolic OH excluding ortho intramolecular Hbond substituents is 1. The summed E-state index contributed by atoms with van der Waals surface area (Å²) in [4.78, 5) is 12.8. The summed E-state index contributed by atoms with van der Waals surface area (Å²) < 4.78 is 0. The van der Waals surface area contributed by atoms with Crippen molar-refractivity contribution in [3.05, 3.63) is 99.5 Å². The summed E-state index contributed by atoms with van der Waals surface area (Å²) in [5.41, 5.74) is 2.85. The van der Waals surface area contributed by atoms with Gasteiger partial charge in [-0.25, -0.2) is 0 Å². The Morgan fingerprint density at radius 1 is 0.931 bits per heavy atom. The molecule has 3 rings (SSSR count). The van der Waals surface area contributed by atoms with Gasteiger partial charge in [0.25, 0.3) is 0 Å². The molecule has 0 aromatic heterocycles. The minimum Gasteiger partial charge on any atom is -0.506 e. The Morgan fingerprint density at radius 3 is 2.21 bits per heavy atom. The van der Waals surface area contributed by atoms with Crippen LogP contribution in [-0.4, -0.2) is 17.1 Å². The second-order valence-electron chi connectivity index (χ2n) is 7.13. The molecule has 0 aliphatic rings. The topological polar surface area (TPSA) is 49.3 Å². The molecule has 3 aromatic carbocycles. The van der Waals surface area contributed by atoms with Gasteiger partial charge in [0, 0.05) is 18.4 Å². The monoisotopic (exact) mass is 427 g/mol. The number of benzene rings is 3. The Labute approximate surface area is 181 Å². The highest BCUT2D eigenvalue weighted by Crippen LogP contribution is 2.40.